The Morgan fingerprint density at radius 1 is 1.10 bits per heavy atom. The van der Waals surface area contributed by atoms with E-state index in [0.29, 0.717) is 10.6 Å². The summed E-state index contributed by atoms with van der Waals surface area (Å²) >= 11 is 0. The number of sulfonamides is 1. The molecule has 12 heteroatoms. The molecule has 3 N–H and O–H groups in total. The Kier molecular flexibility index (Phi) is 6.13. The maximum absolute atomic E-state index is 13.3. The van der Waals surface area contributed by atoms with Gasteiger partial charge in [0.25, 0.3) is 5.91 Å². The van der Waals surface area contributed by atoms with Gasteiger partial charge in [0, 0.05) is 19.4 Å². The summed E-state index contributed by atoms with van der Waals surface area (Å²) in [6.07, 6.45) is -4.91. The van der Waals surface area contributed by atoms with Crippen molar-refractivity contribution in [2.75, 3.05) is 5.01 Å². The van der Waals surface area contributed by atoms with Gasteiger partial charge in [-0.05, 0) is 29.8 Å². The van der Waals surface area contributed by atoms with Gasteiger partial charge in [0.15, 0.2) is 0 Å². The van der Waals surface area contributed by atoms with Crippen molar-refractivity contribution in [1.29, 1.82) is 0 Å². The first-order valence-corrected chi connectivity index (χ1v) is 10.5. The van der Waals surface area contributed by atoms with Crippen LogP contribution in [0.5, 0.6) is 0 Å². The molecule has 1 aliphatic rings. The van der Waals surface area contributed by atoms with Crippen LogP contribution < -0.4 is 15.5 Å². The van der Waals surface area contributed by atoms with Gasteiger partial charge in [-0.3, -0.25) is 9.59 Å². The van der Waals surface area contributed by atoms with Crippen LogP contribution in [0.25, 0.3) is 0 Å². The van der Waals surface area contributed by atoms with Crippen molar-refractivity contribution >= 4 is 33.2 Å². The molecule has 0 radical (unpaired) electrons. The standard InChI is InChI=1S/C19H17F3N4O4S/c20-19(21,22)14-3-1-2-4-16(14)26-17(27)10-9-15(25-26)18(28)24-11-12-5-7-13(8-6-12)31(23,29)30/h1-8H,9-11H2,(H,24,28)(H2,23,29,30). The van der Waals surface area contributed by atoms with Gasteiger partial charge in [-0.1, -0.05) is 24.3 Å². The van der Waals surface area contributed by atoms with E-state index in [-0.39, 0.29) is 30.0 Å². The minimum atomic E-state index is -4.70. The molecule has 1 aliphatic heterocycles. The van der Waals surface area contributed by atoms with Gasteiger partial charge in [-0.15, -0.1) is 0 Å². The van der Waals surface area contributed by atoms with Crippen LogP contribution in [-0.2, 0) is 32.3 Å². The molecule has 8 nitrogen and oxygen atoms in total. The van der Waals surface area contributed by atoms with E-state index < -0.39 is 39.3 Å². The minimum Gasteiger partial charge on any atom is -0.347 e. The average Bonchev–Trinajstić information content (AvgIpc) is 2.71. The summed E-state index contributed by atoms with van der Waals surface area (Å²) in [5, 5.41) is 12.0. The van der Waals surface area contributed by atoms with Crippen LogP contribution in [0.3, 0.4) is 0 Å². The second kappa shape index (κ2) is 8.47. The number of halogens is 3. The Morgan fingerprint density at radius 3 is 2.35 bits per heavy atom. The van der Waals surface area contributed by atoms with Crippen molar-refractivity contribution in [3.63, 3.8) is 0 Å². The quantitative estimate of drug-likeness (QED) is 0.719. The molecule has 3 rings (SSSR count). The highest BCUT2D eigenvalue weighted by atomic mass is 32.2. The van der Waals surface area contributed by atoms with Crippen LogP contribution in [0.1, 0.15) is 24.0 Å². The molecule has 0 atom stereocenters. The molecule has 0 bridgehead atoms. The van der Waals surface area contributed by atoms with Crippen molar-refractivity contribution < 1.29 is 31.2 Å². The molecule has 2 amide bonds. The van der Waals surface area contributed by atoms with E-state index in [2.05, 4.69) is 10.4 Å². The normalized spacial score (nSPS) is 14.9. The number of carbonyl (C=O) groups is 2. The third-order valence-corrected chi connectivity index (χ3v) is 5.37. The highest BCUT2D eigenvalue weighted by Gasteiger charge is 2.37. The van der Waals surface area contributed by atoms with Crippen LogP contribution in [-0.4, -0.2) is 25.9 Å². The molecule has 164 valence electrons. The predicted molar refractivity (Wildman–Crippen MR) is 105 cm³/mol. The summed E-state index contributed by atoms with van der Waals surface area (Å²) in [5.74, 6) is -1.32. The number of amides is 2. The summed E-state index contributed by atoms with van der Waals surface area (Å²) in [6.45, 7) is 0.00976. The summed E-state index contributed by atoms with van der Waals surface area (Å²) < 4.78 is 62.4. The van der Waals surface area contributed by atoms with Crippen molar-refractivity contribution in [3.8, 4) is 0 Å². The lowest BCUT2D eigenvalue weighted by molar-refractivity contribution is -0.137. The van der Waals surface area contributed by atoms with Crippen LogP contribution in [0.15, 0.2) is 58.5 Å². The van der Waals surface area contributed by atoms with Crippen molar-refractivity contribution in [2.45, 2.75) is 30.5 Å². The minimum absolute atomic E-state index is 0.00976. The number of primary sulfonamides is 1. The average molecular weight is 454 g/mol. The highest BCUT2D eigenvalue weighted by molar-refractivity contribution is 7.89. The zero-order valence-electron chi connectivity index (χ0n) is 15.9. The van der Waals surface area contributed by atoms with Gasteiger partial charge in [-0.2, -0.15) is 23.3 Å². The molecule has 0 unspecified atom stereocenters. The number of para-hydroxylation sites is 1. The third-order valence-electron chi connectivity index (χ3n) is 4.44. The van der Waals surface area contributed by atoms with Crippen molar-refractivity contribution in [1.82, 2.24) is 5.32 Å². The lowest BCUT2D eigenvalue weighted by Crippen LogP contribution is -2.39. The fourth-order valence-corrected chi connectivity index (χ4v) is 3.40. The summed E-state index contributed by atoms with van der Waals surface area (Å²) in [4.78, 5) is 24.6. The number of nitrogens with two attached hydrogens (primary N) is 1. The summed E-state index contributed by atoms with van der Waals surface area (Å²) in [6, 6.07) is 9.95. The smallest absolute Gasteiger partial charge is 0.347 e. The number of hydrazone groups is 1. The van der Waals surface area contributed by atoms with Crippen LogP contribution in [0.2, 0.25) is 0 Å². The molecule has 0 aromatic heterocycles. The molecular weight excluding hydrogens is 437 g/mol. The number of carbonyl (C=O) groups excluding carboxylic acids is 2. The van der Waals surface area contributed by atoms with E-state index in [9.17, 15) is 31.2 Å². The number of alkyl halides is 3. The molecule has 0 spiro atoms. The molecule has 0 fully saturated rings. The second-order valence-electron chi connectivity index (χ2n) is 6.64. The highest BCUT2D eigenvalue weighted by Crippen LogP contribution is 2.37. The van der Waals surface area contributed by atoms with Crippen LogP contribution in [0, 0.1) is 0 Å². The van der Waals surface area contributed by atoms with Gasteiger partial charge >= 0.3 is 6.18 Å². The van der Waals surface area contributed by atoms with E-state index in [1.165, 1.54) is 36.4 Å². The Labute approximate surface area is 175 Å². The first kappa shape index (κ1) is 22.4. The van der Waals surface area contributed by atoms with Crippen LogP contribution in [0.4, 0.5) is 18.9 Å². The van der Waals surface area contributed by atoms with Gasteiger partial charge in [0.2, 0.25) is 15.9 Å². The Bertz CT molecular complexity index is 1150. The number of benzene rings is 2. The number of nitrogens with zero attached hydrogens (tertiary/aromatic N) is 2. The molecule has 2 aromatic carbocycles. The zero-order valence-corrected chi connectivity index (χ0v) is 16.7. The largest absolute Gasteiger partial charge is 0.418 e. The number of nitrogens with one attached hydrogen (secondary N) is 1. The molecule has 0 aliphatic carbocycles. The molecule has 1 heterocycles. The van der Waals surface area contributed by atoms with Gasteiger partial charge in [0.1, 0.15) is 5.71 Å². The van der Waals surface area contributed by atoms with Crippen LogP contribution >= 0.6 is 0 Å². The molecular formula is C19H17F3N4O4S. The Balaban J connectivity index is 1.77. The summed E-state index contributed by atoms with van der Waals surface area (Å²) in [5.41, 5.74) is -1.03. The third kappa shape index (κ3) is 5.27. The molecule has 2 aromatic rings. The van der Waals surface area contributed by atoms with Gasteiger partial charge in [0.05, 0.1) is 16.1 Å². The van der Waals surface area contributed by atoms with Gasteiger partial charge < -0.3 is 5.32 Å². The Hall–Kier alpha value is -3.25. The first-order valence-electron chi connectivity index (χ1n) is 8.93. The van der Waals surface area contributed by atoms with Gasteiger partial charge in [-0.25, -0.2) is 13.6 Å². The second-order valence-corrected chi connectivity index (χ2v) is 8.20. The number of hydrogen-bond donors (Lipinski definition) is 2. The molecule has 31 heavy (non-hydrogen) atoms. The molecule has 0 saturated heterocycles. The fourth-order valence-electron chi connectivity index (χ4n) is 2.88. The van der Waals surface area contributed by atoms with E-state index in [0.717, 1.165) is 12.1 Å². The lowest BCUT2D eigenvalue weighted by Gasteiger charge is -2.25. The first-order chi connectivity index (χ1) is 14.5. The topological polar surface area (TPSA) is 122 Å². The zero-order chi connectivity index (χ0) is 22.8. The number of rotatable bonds is 5. The van der Waals surface area contributed by atoms with E-state index in [1.807, 2.05) is 0 Å². The van der Waals surface area contributed by atoms with Crippen molar-refractivity contribution in [2.24, 2.45) is 10.2 Å². The van der Waals surface area contributed by atoms with E-state index in [1.54, 1.807) is 0 Å². The number of anilines is 1. The SMILES string of the molecule is NS(=O)(=O)c1ccc(CNC(=O)C2=NN(c3ccccc3C(F)(F)F)C(=O)CC2)cc1. The maximum Gasteiger partial charge on any atom is 0.418 e. The maximum atomic E-state index is 13.3. The summed E-state index contributed by atoms with van der Waals surface area (Å²) in [7, 11) is -3.84. The molecule has 0 saturated carbocycles. The monoisotopic (exact) mass is 454 g/mol. The fraction of sp³-hybridized carbons (Fsp3) is 0.211. The van der Waals surface area contributed by atoms with Crippen molar-refractivity contribution in [3.05, 3.63) is 59.7 Å². The Morgan fingerprint density at radius 2 is 1.74 bits per heavy atom. The van der Waals surface area contributed by atoms with E-state index in [4.69, 9.17) is 5.14 Å². The van der Waals surface area contributed by atoms with E-state index >= 15 is 0 Å². The number of hydrogen-bond acceptors (Lipinski definition) is 5. The predicted octanol–water partition coefficient (Wildman–Crippen LogP) is 2.15. The lowest BCUT2D eigenvalue weighted by atomic mass is 10.1.